The molecule has 2 rings (SSSR count). The van der Waals surface area contributed by atoms with Crippen LogP contribution in [0.5, 0.6) is 0 Å². The standard InChI is InChI=1S/C11H8F5NS/c1-4-6-2-5(12)3-7(13)9(6)18-8(4)10(17)11(14,15)16/h2-3,10H,17H2,1H3. The Balaban J connectivity index is 2.68. The third kappa shape index (κ3) is 2.08. The molecule has 18 heavy (non-hydrogen) atoms. The molecule has 0 amide bonds. The molecule has 1 aromatic carbocycles. The number of rotatable bonds is 1. The number of hydrogen-bond acceptors (Lipinski definition) is 2. The van der Waals surface area contributed by atoms with Gasteiger partial charge in [-0.3, -0.25) is 0 Å². The summed E-state index contributed by atoms with van der Waals surface area (Å²) in [5.41, 5.74) is 5.26. The van der Waals surface area contributed by atoms with E-state index in [-0.39, 0.29) is 20.5 Å². The molecule has 0 saturated carbocycles. The summed E-state index contributed by atoms with van der Waals surface area (Å²) < 4.78 is 64.1. The van der Waals surface area contributed by atoms with Gasteiger partial charge in [0.2, 0.25) is 0 Å². The minimum Gasteiger partial charge on any atom is -0.316 e. The summed E-state index contributed by atoms with van der Waals surface area (Å²) in [6.45, 7) is 1.37. The second-order valence-corrected chi connectivity index (χ2v) is 4.93. The van der Waals surface area contributed by atoms with Crippen molar-refractivity contribution in [3.05, 3.63) is 34.2 Å². The Morgan fingerprint density at radius 3 is 2.39 bits per heavy atom. The summed E-state index contributed by atoms with van der Waals surface area (Å²) in [7, 11) is 0. The fraction of sp³-hybridized carbons (Fsp3) is 0.273. The lowest BCUT2D eigenvalue weighted by Gasteiger charge is -2.14. The van der Waals surface area contributed by atoms with Crippen molar-refractivity contribution in [1.29, 1.82) is 0 Å². The van der Waals surface area contributed by atoms with E-state index >= 15 is 0 Å². The zero-order valence-corrected chi connectivity index (χ0v) is 9.92. The maximum atomic E-state index is 13.4. The lowest BCUT2D eigenvalue weighted by molar-refractivity contribution is -0.148. The first-order valence-electron chi connectivity index (χ1n) is 4.92. The molecule has 0 radical (unpaired) electrons. The monoisotopic (exact) mass is 281 g/mol. The van der Waals surface area contributed by atoms with Crippen LogP contribution in [0.15, 0.2) is 12.1 Å². The van der Waals surface area contributed by atoms with Crippen LogP contribution in [0.25, 0.3) is 10.1 Å². The zero-order valence-electron chi connectivity index (χ0n) is 9.11. The smallest absolute Gasteiger partial charge is 0.316 e. The van der Waals surface area contributed by atoms with Crippen molar-refractivity contribution < 1.29 is 22.0 Å². The molecule has 98 valence electrons. The summed E-state index contributed by atoms with van der Waals surface area (Å²) in [5.74, 6) is -1.70. The number of hydrogen-bond donors (Lipinski definition) is 1. The molecule has 0 aliphatic carbocycles. The number of fused-ring (bicyclic) bond motifs is 1. The summed E-state index contributed by atoms with van der Waals surface area (Å²) in [6, 6.07) is -0.532. The van der Waals surface area contributed by atoms with Crippen LogP contribution in [-0.4, -0.2) is 6.18 Å². The fourth-order valence-corrected chi connectivity index (χ4v) is 2.93. The van der Waals surface area contributed by atoms with Gasteiger partial charge in [0.05, 0.1) is 4.70 Å². The summed E-state index contributed by atoms with van der Waals surface area (Å²) >= 11 is 0.608. The van der Waals surface area contributed by atoms with Gasteiger partial charge >= 0.3 is 6.18 Å². The first kappa shape index (κ1) is 13.2. The Hall–Kier alpha value is -1.21. The van der Waals surface area contributed by atoms with E-state index in [1.807, 2.05) is 0 Å². The predicted octanol–water partition coefficient (Wildman–Crippen LogP) is 4.05. The maximum absolute atomic E-state index is 13.4. The lowest BCUT2D eigenvalue weighted by atomic mass is 10.1. The molecule has 7 heteroatoms. The Labute approximate surface area is 103 Å². The van der Waals surface area contributed by atoms with Gasteiger partial charge in [-0.15, -0.1) is 11.3 Å². The number of halogens is 5. The molecule has 0 aliphatic rings. The second-order valence-electron chi connectivity index (χ2n) is 3.87. The molecule has 1 heterocycles. The minimum atomic E-state index is -4.61. The number of nitrogens with two attached hydrogens (primary N) is 1. The molecule has 1 nitrogen and oxygen atoms in total. The Bertz CT molecular complexity index is 601. The highest BCUT2D eigenvalue weighted by Crippen LogP contribution is 2.41. The van der Waals surface area contributed by atoms with Crippen LogP contribution in [-0.2, 0) is 0 Å². The van der Waals surface area contributed by atoms with Gasteiger partial charge in [-0.1, -0.05) is 0 Å². The molecular weight excluding hydrogens is 273 g/mol. The van der Waals surface area contributed by atoms with Crippen LogP contribution in [0.3, 0.4) is 0 Å². The number of aryl methyl sites for hydroxylation is 1. The van der Waals surface area contributed by atoms with Gasteiger partial charge < -0.3 is 5.73 Å². The van der Waals surface area contributed by atoms with Crippen molar-refractivity contribution in [2.24, 2.45) is 5.73 Å². The van der Waals surface area contributed by atoms with Gasteiger partial charge in [-0.05, 0) is 18.6 Å². The molecule has 1 aromatic heterocycles. The molecule has 0 saturated heterocycles. The molecule has 1 unspecified atom stereocenters. The van der Waals surface area contributed by atoms with Gasteiger partial charge in [-0.25, -0.2) is 8.78 Å². The van der Waals surface area contributed by atoms with Crippen molar-refractivity contribution in [1.82, 2.24) is 0 Å². The minimum absolute atomic E-state index is 0.0106. The highest BCUT2D eigenvalue weighted by molar-refractivity contribution is 7.19. The predicted molar refractivity (Wildman–Crippen MR) is 59.5 cm³/mol. The fourth-order valence-electron chi connectivity index (χ4n) is 1.71. The molecule has 0 aliphatic heterocycles. The number of benzene rings is 1. The van der Waals surface area contributed by atoms with Crippen molar-refractivity contribution >= 4 is 21.4 Å². The van der Waals surface area contributed by atoms with Gasteiger partial charge in [0.25, 0.3) is 0 Å². The van der Waals surface area contributed by atoms with E-state index in [9.17, 15) is 22.0 Å². The second kappa shape index (κ2) is 4.17. The molecule has 0 fully saturated rings. The van der Waals surface area contributed by atoms with Gasteiger partial charge in [0.1, 0.15) is 17.7 Å². The Kier molecular flexibility index (Phi) is 3.06. The molecule has 2 aromatic rings. The van der Waals surface area contributed by atoms with Crippen molar-refractivity contribution in [2.45, 2.75) is 19.1 Å². The molecule has 0 spiro atoms. The van der Waals surface area contributed by atoms with Gasteiger partial charge in [-0.2, -0.15) is 13.2 Å². The molecular formula is C11H8F5NS. The summed E-state index contributed by atoms with van der Waals surface area (Å²) in [5, 5.41) is 0.132. The van der Waals surface area contributed by atoms with Crippen LogP contribution in [0.1, 0.15) is 16.5 Å². The first-order valence-corrected chi connectivity index (χ1v) is 5.74. The number of alkyl halides is 3. The SMILES string of the molecule is Cc1c(C(N)C(F)(F)F)sc2c(F)cc(F)cc12. The van der Waals surface area contributed by atoms with Crippen molar-refractivity contribution in [2.75, 3.05) is 0 Å². The highest BCUT2D eigenvalue weighted by Gasteiger charge is 2.40. The van der Waals surface area contributed by atoms with Gasteiger partial charge in [0, 0.05) is 16.3 Å². The summed E-state index contributed by atoms with van der Waals surface area (Å²) in [4.78, 5) is -0.193. The normalized spacial score (nSPS) is 14.2. The highest BCUT2D eigenvalue weighted by atomic mass is 32.1. The average Bonchev–Trinajstić information content (AvgIpc) is 2.54. The van der Waals surface area contributed by atoms with Crippen molar-refractivity contribution in [3.8, 4) is 0 Å². The third-order valence-corrected chi connectivity index (χ3v) is 4.03. The lowest BCUT2D eigenvalue weighted by Crippen LogP contribution is -2.28. The van der Waals surface area contributed by atoms with Crippen LogP contribution in [0, 0.1) is 18.6 Å². The van der Waals surface area contributed by atoms with E-state index in [4.69, 9.17) is 5.73 Å². The quantitative estimate of drug-likeness (QED) is 0.784. The average molecular weight is 281 g/mol. The third-order valence-electron chi connectivity index (χ3n) is 2.63. The maximum Gasteiger partial charge on any atom is 0.408 e. The molecule has 0 bridgehead atoms. The van der Waals surface area contributed by atoms with E-state index in [1.165, 1.54) is 6.92 Å². The summed E-state index contributed by atoms with van der Waals surface area (Å²) in [6.07, 6.45) is -4.61. The van der Waals surface area contributed by atoms with Crippen LogP contribution >= 0.6 is 11.3 Å². The van der Waals surface area contributed by atoms with E-state index in [2.05, 4.69) is 0 Å². The topological polar surface area (TPSA) is 26.0 Å². The zero-order chi connectivity index (χ0) is 13.7. The van der Waals surface area contributed by atoms with Crippen LogP contribution in [0.4, 0.5) is 22.0 Å². The largest absolute Gasteiger partial charge is 0.408 e. The van der Waals surface area contributed by atoms with Crippen LogP contribution in [0.2, 0.25) is 0 Å². The van der Waals surface area contributed by atoms with Gasteiger partial charge in [0.15, 0.2) is 0 Å². The van der Waals surface area contributed by atoms with Crippen LogP contribution < -0.4 is 5.73 Å². The Morgan fingerprint density at radius 1 is 1.22 bits per heavy atom. The van der Waals surface area contributed by atoms with E-state index in [0.29, 0.717) is 17.4 Å². The Morgan fingerprint density at radius 2 is 1.83 bits per heavy atom. The van der Waals surface area contributed by atoms with E-state index < -0.39 is 23.9 Å². The van der Waals surface area contributed by atoms with E-state index in [1.54, 1.807) is 0 Å². The number of thiophene rings is 1. The van der Waals surface area contributed by atoms with E-state index in [0.717, 1.165) is 6.07 Å². The van der Waals surface area contributed by atoms with Crippen molar-refractivity contribution in [3.63, 3.8) is 0 Å². The molecule has 1 atom stereocenters. The first-order chi connectivity index (χ1) is 8.21. The molecule has 2 N–H and O–H groups in total.